The third kappa shape index (κ3) is 4.86. The van der Waals surface area contributed by atoms with Crippen LogP contribution in [0.4, 0.5) is 0 Å². The van der Waals surface area contributed by atoms with Gasteiger partial charge in [0.15, 0.2) is 0 Å². The largest absolute Gasteiger partial charge is 0.298 e. The highest BCUT2D eigenvalue weighted by atomic mass is 15.2. The molecule has 2 aromatic rings. The smallest absolute Gasteiger partial charge is 0.0573 e. The molecule has 0 spiro atoms. The minimum absolute atomic E-state index is 0.635. The van der Waals surface area contributed by atoms with E-state index in [-0.39, 0.29) is 0 Å². The summed E-state index contributed by atoms with van der Waals surface area (Å²) in [4.78, 5) is 14.2. The predicted octanol–water partition coefficient (Wildman–Crippen LogP) is 3.58. The molecule has 1 fully saturated rings. The maximum atomic E-state index is 4.56. The molecule has 0 amide bonds. The molecule has 4 heteroatoms. The van der Waals surface area contributed by atoms with Gasteiger partial charge in [-0.1, -0.05) is 12.1 Å². The van der Waals surface area contributed by atoms with E-state index in [9.17, 15) is 0 Å². The number of rotatable bonds is 5. The van der Waals surface area contributed by atoms with Crippen LogP contribution in [0.25, 0.3) is 0 Å². The number of nitrogens with zero attached hydrogens (tertiary/aromatic N) is 4. The first kappa shape index (κ1) is 18.0. The molecule has 0 N–H and O–H groups in total. The average molecular weight is 338 g/mol. The van der Waals surface area contributed by atoms with E-state index in [0.29, 0.717) is 6.04 Å². The standard InChI is InChI=1S/C21H30N4/c1-17-7-4-11-22-20(17)15-24(3)19-9-6-13-25(14-10-19)16-21-18(2)8-5-12-23-21/h4-5,7-8,11-12,19H,6,9-10,13-16H2,1-3H3/t19-/m0/s1. The van der Waals surface area contributed by atoms with E-state index in [1.807, 2.05) is 24.5 Å². The van der Waals surface area contributed by atoms with Crippen molar-refractivity contribution in [2.24, 2.45) is 0 Å². The van der Waals surface area contributed by atoms with Crippen molar-refractivity contribution in [1.29, 1.82) is 0 Å². The van der Waals surface area contributed by atoms with Crippen molar-refractivity contribution in [3.05, 3.63) is 59.2 Å². The Kier molecular flexibility index (Phi) is 6.16. The molecule has 0 aliphatic carbocycles. The van der Waals surface area contributed by atoms with Gasteiger partial charge in [-0.25, -0.2) is 0 Å². The van der Waals surface area contributed by atoms with Crippen LogP contribution in [-0.4, -0.2) is 45.9 Å². The Balaban J connectivity index is 1.56. The van der Waals surface area contributed by atoms with Gasteiger partial charge in [0.2, 0.25) is 0 Å². The average Bonchev–Trinajstić information content (AvgIpc) is 2.85. The van der Waals surface area contributed by atoms with Crippen LogP contribution in [-0.2, 0) is 13.1 Å². The minimum atomic E-state index is 0.635. The van der Waals surface area contributed by atoms with Gasteiger partial charge in [-0.05, 0) is 70.0 Å². The molecule has 25 heavy (non-hydrogen) atoms. The van der Waals surface area contributed by atoms with Gasteiger partial charge in [0.25, 0.3) is 0 Å². The SMILES string of the molecule is Cc1cccnc1CN1CCC[C@H](N(C)Cc2ncccc2C)CC1. The molecule has 0 saturated carbocycles. The third-order valence-electron chi connectivity index (χ3n) is 5.42. The Hall–Kier alpha value is -1.78. The van der Waals surface area contributed by atoms with Crippen molar-refractivity contribution in [1.82, 2.24) is 19.8 Å². The zero-order valence-electron chi connectivity index (χ0n) is 15.8. The second kappa shape index (κ2) is 8.54. The Morgan fingerprint density at radius 1 is 1.00 bits per heavy atom. The van der Waals surface area contributed by atoms with Crippen molar-refractivity contribution >= 4 is 0 Å². The lowest BCUT2D eigenvalue weighted by Gasteiger charge is -2.27. The van der Waals surface area contributed by atoms with Crippen LogP contribution in [0.1, 0.15) is 41.8 Å². The first-order valence-corrected chi connectivity index (χ1v) is 9.37. The zero-order valence-corrected chi connectivity index (χ0v) is 15.8. The molecular formula is C21H30N4. The Labute approximate surface area is 151 Å². The molecule has 0 bridgehead atoms. The lowest BCUT2D eigenvalue weighted by molar-refractivity contribution is 0.203. The highest BCUT2D eigenvalue weighted by molar-refractivity contribution is 5.18. The van der Waals surface area contributed by atoms with Crippen molar-refractivity contribution < 1.29 is 0 Å². The maximum Gasteiger partial charge on any atom is 0.0573 e. The summed E-state index contributed by atoms with van der Waals surface area (Å²) in [5, 5.41) is 0. The van der Waals surface area contributed by atoms with E-state index in [1.165, 1.54) is 48.3 Å². The molecular weight excluding hydrogens is 308 g/mol. The lowest BCUT2D eigenvalue weighted by Crippen LogP contribution is -2.33. The molecule has 2 aromatic heterocycles. The minimum Gasteiger partial charge on any atom is -0.298 e. The van der Waals surface area contributed by atoms with Crippen LogP contribution in [0.15, 0.2) is 36.7 Å². The summed E-state index contributed by atoms with van der Waals surface area (Å²) in [7, 11) is 2.25. The van der Waals surface area contributed by atoms with Gasteiger partial charge in [-0.2, -0.15) is 0 Å². The highest BCUT2D eigenvalue weighted by Crippen LogP contribution is 2.20. The first-order chi connectivity index (χ1) is 12.1. The molecule has 1 saturated heterocycles. The maximum absolute atomic E-state index is 4.56. The molecule has 4 nitrogen and oxygen atoms in total. The molecule has 0 radical (unpaired) electrons. The van der Waals surface area contributed by atoms with Crippen LogP contribution in [0.2, 0.25) is 0 Å². The molecule has 134 valence electrons. The van der Waals surface area contributed by atoms with E-state index in [4.69, 9.17) is 0 Å². The van der Waals surface area contributed by atoms with Crippen LogP contribution >= 0.6 is 0 Å². The van der Waals surface area contributed by atoms with Crippen molar-refractivity contribution in [2.75, 3.05) is 20.1 Å². The van der Waals surface area contributed by atoms with Gasteiger partial charge in [-0.15, -0.1) is 0 Å². The third-order valence-corrected chi connectivity index (χ3v) is 5.42. The summed E-state index contributed by atoms with van der Waals surface area (Å²) < 4.78 is 0. The normalized spacial score (nSPS) is 19.1. The zero-order chi connectivity index (χ0) is 17.6. The molecule has 3 rings (SSSR count). The fourth-order valence-electron chi connectivity index (χ4n) is 3.68. The molecule has 0 aromatic carbocycles. The van der Waals surface area contributed by atoms with E-state index in [0.717, 1.165) is 19.6 Å². The first-order valence-electron chi connectivity index (χ1n) is 9.37. The van der Waals surface area contributed by atoms with Gasteiger partial charge in [0, 0.05) is 38.1 Å². The summed E-state index contributed by atoms with van der Waals surface area (Å²) in [6.07, 6.45) is 7.54. The fourth-order valence-corrected chi connectivity index (χ4v) is 3.68. The molecule has 0 unspecified atom stereocenters. The second-order valence-electron chi connectivity index (χ2n) is 7.31. The summed E-state index contributed by atoms with van der Waals surface area (Å²) in [5.74, 6) is 0. The van der Waals surface area contributed by atoms with Crippen LogP contribution in [0, 0.1) is 13.8 Å². The van der Waals surface area contributed by atoms with E-state index >= 15 is 0 Å². The Morgan fingerprint density at radius 2 is 1.68 bits per heavy atom. The molecule has 1 aliphatic rings. The molecule has 1 aliphatic heterocycles. The fraction of sp³-hybridized carbons (Fsp3) is 0.524. The topological polar surface area (TPSA) is 32.3 Å². The predicted molar refractivity (Wildman–Crippen MR) is 102 cm³/mol. The second-order valence-corrected chi connectivity index (χ2v) is 7.31. The van der Waals surface area contributed by atoms with Crippen LogP contribution in [0.3, 0.4) is 0 Å². The molecule has 3 heterocycles. The summed E-state index contributed by atoms with van der Waals surface area (Å²) in [5.41, 5.74) is 5.01. The van der Waals surface area contributed by atoms with Gasteiger partial charge >= 0.3 is 0 Å². The summed E-state index contributed by atoms with van der Waals surface area (Å²) >= 11 is 0. The van der Waals surface area contributed by atoms with E-state index < -0.39 is 0 Å². The van der Waals surface area contributed by atoms with Gasteiger partial charge in [0.05, 0.1) is 11.4 Å². The van der Waals surface area contributed by atoms with E-state index in [1.54, 1.807) is 0 Å². The van der Waals surface area contributed by atoms with Crippen molar-refractivity contribution in [3.8, 4) is 0 Å². The summed E-state index contributed by atoms with van der Waals surface area (Å²) in [6, 6.07) is 8.98. The van der Waals surface area contributed by atoms with Crippen LogP contribution < -0.4 is 0 Å². The number of pyridine rings is 2. The Morgan fingerprint density at radius 3 is 2.36 bits per heavy atom. The Bertz CT molecular complexity index is 685. The number of aromatic nitrogens is 2. The van der Waals surface area contributed by atoms with Crippen molar-refractivity contribution in [3.63, 3.8) is 0 Å². The van der Waals surface area contributed by atoms with E-state index in [2.05, 4.69) is 52.8 Å². The molecule has 1 atom stereocenters. The van der Waals surface area contributed by atoms with Crippen LogP contribution in [0.5, 0.6) is 0 Å². The monoisotopic (exact) mass is 338 g/mol. The number of hydrogen-bond donors (Lipinski definition) is 0. The number of aryl methyl sites for hydroxylation is 2. The van der Waals surface area contributed by atoms with Gasteiger partial charge in [0.1, 0.15) is 0 Å². The van der Waals surface area contributed by atoms with Crippen molar-refractivity contribution in [2.45, 2.75) is 52.2 Å². The highest BCUT2D eigenvalue weighted by Gasteiger charge is 2.21. The number of likely N-dealkylation sites (tertiary alicyclic amines) is 1. The summed E-state index contributed by atoms with van der Waals surface area (Å²) in [6.45, 7) is 8.54. The van der Waals surface area contributed by atoms with Gasteiger partial charge < -0.3 is 0 Å². The quantitative estimate of drug-likeness (QED) is 0.834. The van der Waals surface area contributed by atoms with Gasteiger partial charge in [-0.3, -0.25) is 19.8 Å². The lowest BCUT2D eigenvalue weighted by atomic mass is 10.1. The number of hydrogen-bond acceptors (Lipinski definition) is 4.